The topological polar surface area (TPSA) is 143 Å². The summed E-state index contributed by atoms with van der Waals surface area (Å²) in [6.07, 6.45) is 0.431. The van der Waals surface area contributed by atoms with E-state index in [1.165, 1.54) is 4.90 Å². The van der Waals surface area contributed by atoms with Crippen LogP contribution in [0.5, 0.6) is 11.5 Å². The number of primary amides is 1. The van der Waals surface area contributed by atoms with Crippen LogP contribution >= 0.6 is 0 Å². The highest BCUT2D eigenvalue weighted by atomic mass is 16.5. The second-order valence-corrected chi connectivity index (χ2v) is 7.48. The molecule has 2 aliphatic heterocycles. The summed E-state index contributed by atoms with van der Waals surface area (Å²) in [4.78, 5) is 38.7. The number of nitrogens with two attached hydrogens (primary N) is 1. The van der Waals surface area contributed by atoms with Crippen molar-refractivity contribution in [3.63, 3.8) is 0 Å². The normalized spacial score (nSPS) is 17.2. The van der Waals surface area contributed by atoms with Crippen molar-refractivity contribution < 1.29 is 33.9 Å². The van der Waals surface area contributed by atoms with E-state index < -0.39 is 25.0 Å². The molecule has 2 aliphatic rings. The summed E-state index contributed by atoms with van der Waals surface area (Å²) in [5.41, 5.74) is 5.79. The molecule has 4 N–H and O–H groups in total. The highest BCUT2D eigenvalue weighted by Gasteiger charge is 2.38. The van der Waals surface area contributed by atoms with Crippen molar-refractivity contribution in [3.05, 3.63) is 23.3 Å². The molecule has 11 heteroatoms. The van der Waals surface area contributed by atoms with Crippen LogP contribution in [-0.2, 0) is 16.0 Å². The fourth-order valence-electron chi connectivity index (χ4n) is 3.48. The minimum atomic E-state index is -1.22. The number of carboxylic acids is 1. The lowest BCUT2D eigenvalue weighted by molar-refractivity contribution is -0.146. The fraction of sp³-hybridized carbons (Fsp3) is 0.500. The maximum Gasteiger partial charge on any atom is 0.522 e. The maximum absolute atomic E-state index is 12.6. The molecule has 0 aromatic heterocycles. The number of carbonyl (C=O) groups excluding carboxylic acids is 2. The Kier molecular flexibility index (Phi) is 5.99. The van der Waals surface area contributed by atoms with Gasteiger partial charge in [-0.15, -0.1) is 0 Å². The van der Waals surface area contributed by atoms with Gasteiger partial charge in [0.15, 0.2) is 0 Å². The quantitative estimate of drug-likeness (QED) is 0.501. The Balaban J connectivity index is 1.69. The van der Waals surface area contributed by atoms with E-state index in [0.717, 1.165) is 0 Å². The standard InChI is InChI=1S/C18H24BN3O7/c1-21(2)12(7-14(20)23)17(24)22-8-11(9-22)28-13-4-3-10-5-6-19(27)29-16(10)15(13)18(25)26/h3-4,11-12,27H,5-9H2,1-2H3,(H2,20,23)(H,25,26). The van der Waals surface area contributed by atoms with Crippen LogP contribution in [0.25, 0.3) is 0 Å². The third kappa shape index (κ3) is 4.46. The third-order valence-corrected chi connectivity index (χ3v) is 5.09. The number of nitrogens with zero attached hydrogens (tertiary/aromatic N) is 2. The first-order valence-electron chi connectivity index (χ1n) is 9.31. The lowest BCUT2D eigenvalue weighted by Gasteiger charge is -2.41. The summed E-state index contributed by atoms with van der Waals surface area (Å²) in [7, 11) is 2.33. The fourth-order valence-corrected chi connectivity index (χ4v) is 3.48. The van der Waals surface area contributed by atoms with Gasteiger partial charge in [0.25, 0.3) is 0 Å². The summed E-state index contributed by atoms with van der Waals surface area (Å²) in [5, 5.41) is 19.3. The smallest absolute Gasteiger partial charge is 0.522 e. The zero-order valence-electron chi connectivity index (χ0n) is 16.3. The molecule has 1 atom stereocenters. The average molecular weight is 405 g/mol. The predicted octanol–water partition coefficient (Wildman–Crippen LogP) is -0.805. The summed E-state index contributed by atoms with van der Waals surface area (Å²) in [6, 6.07) is 2.64. The second kappa shape index (κ2) is 8.30. The molecule has 1 aromatic carbocycles. The number of benzene rings is 1. The van der Waals surface area contributed by atoms with Crippen molar-refractivity contribution >= 4 is 24.9 Å². The van der Waals surface area contributed by atoms with Gasteiger partial charge in [0.2, 0.25) is 11.8 Å². The van der Waals surface area contributed by atoms with Crippen LogP contribution in [0.3, 0.4) is 0 Å². The van der Waals surface area contributed by atoms with Crippen molar-refractivity contribution in [1.29, 1.82) is 0 Å². The van der Waals surface area contributed by atoms with Gasteiger partial charge in [0.05, 0.1) is 25.6 Å². The number of likely N-dealkylation sites (N-methyl/N-ethyl adjacent to an activating group) is 1. The van der Waals surface area contributed by atoms with E-state index in [-0.39, 0.29) is 48.6 Å². The van der Waals surface area contributed by atoms with Gasteiger partial charge >= 0.3 is 13.1 Å². The van der Waals surface area contributed by atoms with Crippen molar-refractivity contribution in [1.82, 2.24) is 9.80 Å². The van der Waals surface area contributed by atoms with Crippen LogP contribution in [0.15, 0.2) is 12.1 Å². The summed E-state index contributed by atoms with van der Waals surface area (Å²) < 4.78 is 11.1. The van der Waals surface area contributed by atoms with Gasteiger partial charge in [-0.25, -0.2) is 4.79 Å². The molecule has 0 radical (unpaired) electrons. The van der Waals surface area contributed by atoms with Crippen LogP contribution in [0.2, 0.25) is 6.32 Å². The first-order valence-corrected chi connectivity index (χ1v) is 9.31. The molecule has 29 heavy (non-hydrogen) atoms. The highest BCUT2D eigenvalue weighted by Crippen LogP contribution is 2.37. The molecule has 1 aromatic rings. The van der Waals surface area contributed by atoms with Crippen LogP contribution in [0, 0.1) is 0 Å². The zero-order chi connectivity index (χ0) is 21.3. The number of hydrogen-bond acceptors (Lipinski definition) is 7. The van der Waals surface area contributed by atoms with Crippen molar-refractivity contribution in [2.75, 3.05) is 27.2 Å². The molecule has 156 valence electrons. The van der Waals surface area contributed by atoms with E-state index in [1.54, 1.807) is 31.1 Å². The number of aromatic carboxylic acids is 1. The minimum absolute atomic E-state index is 0.0818. The van der Waals surface area contributed by atoms with E-state index in [1.807, 2.05) is 0 Å². The van der Waals surface area contributed by atoms with Gasteiger partial charge in [-0.05, 0) is 38.5 Å². The molecular weight excluding hydrogens is 381 g/mol. The molecule has 2 heterocycles. The SMILES string of the molecule is CN(C)C(CC(N)=O)C(=O)N1CC(Oc2ccc3c(c2C(=O)O)OB(O)CC3)C1. The number of ether oxygens (including phenoxy) is 1. The average Bonchev–Trinajstić information content (AvgIpc) is 2.60. The molecular formula is C18H24BN3O7. The van der Waals surface area contributed by atoms with E-state index in [0.29, 0.717) is 18.3 Å². The molecule has 0 saturated carbocycles. The molecule has 1 saturated heterocycles. The van der Waals surface area contributed by atoms with Gasteiger partial charge in [0.1, 0.15) is 23.2 Å². The lowest BCUT2D eigenvalue weighted by atomic mass is 9.78. The van der Waals surface area contributed by atoms with Crippen molar-refractivity contribution in [2.24, 2.45) is 5.73 Å². The van der Waals surface area contributed by atoms with Crippen LogP contribution in [0.4, 0.5) is 0 Å². The van der Waals surface area contributed by atoms with Crippen molar-refractivity contribution in [2.45, 2.75) is 31.3 Å². The van der Waals surface area contributed by atoms with E-state index in [2.05, 4.69) is 0 Å². The van der Waals surface area contributed by atoms with Gasteiger partial charge in [-0.2, -0.15) is 0 Å². The Morgan fingerprint density at radius 1 is 1.38 bits per heavy atom. The number of hydrogen-bond donors (Lipinski definition) is 3. The summed E-state index contributed by atoms with van der Waals surface area (Å²) in [6.45, 7) is 0.531. The number of rotatable bonds is 7. The first-order chi connectivity index (χ1) is 13.7. The Hall–Kier alpha value is -2.79. The van der Waals surface area contributed by atoms with Crippen molar-refractivity contribution in [3.8, 4) is 11.5 Å². The summed E-state index contributed by atoms with van der Waals surface area (Å²) >= 11 is 0. The number of carboxylic acid groups (broad SMARTS) is 1. The molecule has 0 bridgehead atoms. The summed E-state index contributed by atoms with van der Waals surface area (Å²) in [5.74, 6) is -1.76. The molecule has 3 rings (SSSR count). The lowest BCUT2D eigenvalue weighted by Crippen LogP contribution is -2.60. The monoisotopic (exact) mass is 405 g/mol. The predicted molar refractivity (Wildman–Crippen MR) is 103 cm³/mol. The molecule has 2 amide bonds. The van der Waals surface area contributed by atoms with Gasteiger partial charge in [0, 0.05) is 0 Å². The Morgan fingerprint density at radius 3 is 2.66 bits per heavy atom. The molecule has 0 spiro atoms. The Labute approximate surface area is 168 Å². The Bertz CT molecular complexity index is 826. The number of aryl methyl sites for hydroxylation is 1. The third-order valence-electron chi connectivity index (χ3n) is 5.09. The number of carbonyl (C=O) groups is 3. The molecule has 0 aliphatic carbocycles. The van der Waals surface area contributed by atoms with E-state index in [4.69, 9.17) is 15.1 Å². The Morgan fingerprint density at radius 2 is 2.07 bits per heavy atom. The number of fused-ring (bicyclic) bond motifs is 1. The second-order valence-electron chi connectivity index (χ2n) is 7.48. The number of likely N-dealkylation sites (tertiary alicyclic amines) is 1. The first kappa shape index (κ1) is 20.9. The van der Waals surface area contributed by atoms with E-state index >= 15 is 0 Å². The molecule has 1 unspecified atom stereocenters. The van der Waals surface area contributed by atoms with Gasteiger partial charge in [-0.3, -0.25) is 14.5 Å². The highest BCUT2D eigenvalue weighted by molar-refractivity contribution is 6.44. The van der Waals surface area contributed by atoms with Gasteiger partial charge in [-0.1, -0.05) is 6.07 Å². The largest absolute Gasteiger partial charge is 0.535 e. The molecule has 1 fully saturated rings. The number of amides is 2. The van der Waals surface area contributed by atoms with Crippen LogP contribution < -0.4 is 15.1 Å². The maximum atomic E-state index is 12.6. The van der Waals surface area contributed by atoms with E-state index in [9.17, 15) is 24.5 Å². The van der Waals surface area contributed by atoms with Gasteiger partial charge < -0.3 is 30.2 Å². The van der Waals surface area contributed by atoms with Crippen LogP contribution in [-0.4, -0.2) is 84.2 Å². The van der Waals surface area contributed by atoms with Crippen LogP contribution in [0.1, 0.15) is 22.3 Å². The minimum Gasteiger partial charge on any atom is -0.535 e. The molecule has 10 nitrogen and oxygen atoms in total. The zero-order valence-corrected chi connectivity index (χ0v) is 16.3.